The van der Waals surface area contributed by atoms with Crippen LogP contribution in [0.25, 0.3) is 11.7 Å². The zero-order valence-electron chi connectivity index (χ0n) is 9.67. The molecule has 2 aromatic heterocycles. The third kappa shape index (κ3) is 1.94. The SMILES string of the molecule is Cc1coc(-c2nnc3n2CCNC3C)n1.Cl. The molecule has 0 spiro atoms. The van der Waals surface area contributed by atoms with Crippen LogP contribution in [0.4, 0.5) is 0 Å². The molecule has 1 aliphatic rings. The van der Waals surface area contributed by atoms with E-state index in [0.29, 0.717) is 5.89 Å². The van der Waals surface area contributed by atoms with Crippen LogP contribution in [0.5, 0.6) is 0 Å². The molecule has 1 unspecified atom stereocenters. The van der Waals surface area contributed by atoms with Gasteiger partial charge in [0.2, 0.25) is 5.82 Å². The third-order valence-electron chi connectivity index (χ3n) is 2.76. The van der Waals surface area contributed by atoms with Gasteiger partial charge in [-0.2, -0.15) is 0 Å². The van der Waals surface area contributed by atoms with E-state index in [1.165, 1.54) is 0 Å². The first-order valence-electron chi connectivity index (χ1n) is 5.34. The number of fused-ring (bicyclic) bond motifs is 1. The highest BCUT2D eigenvalue weighted by Gasteiger charge is 2.23. The Kier molecular flexibility index (Phi) is 3.17. The zero-order chi connectivity index (χ0) is 11.1. The van der Waals surface area contributed by atoms with Crippen LogP contribution in [0, 0.1) is 6.92 Å². The molecule has 92 valence electrons. The predicted octanol–water partition coefficient (Wildman–Crippen LogP) is 1.33. The molecule has 1 aliphatic heterocycles. The van der Waals surface area contributed by atoms with Gasteiger partial charge in [0, 0.05) is 13.1 Å². The first-order valence-corrected chi connectivity index (χ1v) is 5.34. The number of aryl methyl sites for hydroxylation is 1. The van der Waals surface area contributed by atoms with E-state index in [0.717, 1.165) is 30.4 Å². The first-order chi connectivity index (χ1) is 7.75. The molecule has 7 heteroatoms. The maximum Gasteiger partial charge on any atom is 0.265 e. The summed E-state index contributed by atoms with van der Waals surface area (Å²) in [6.07, 6.45) is 1.63. The van der Waals surface area contributed by atoms with Crippen LogP contribution in [-0.4, -0.2) is 26.3 Å². The van der Waals surface area contributed by atoms with Gasteiger partial charge in [-0.1, -0.05) is 0 Å². The Morgan fingerprint density at radius 3 is 3.00 bits per heavy atom. The lowest BCUT2D eigenvalue weighted by Crippen LogP contribution is -2.32. The maximum absolute atomic E-state index is 5.36. The number of hydrogen-bond donors (Lipinski definition) is 1. The van der Waals surface area contributed by atoms with E-state index in [2.05, 4.69) is 32.0 Å². The van der Waals surface area contributed by atoms with E-state index in [-0.39, 0.29) is 18.4 Å². The Bertz CT molecular complexity index is 520. The summed E-state index contributed by atoms with van der Waals surface area (Å²) in [4.78, 5) is 4.28. The fourth-order valence-corrected chi connectivity index (χ4v) is 1.95. The highest BCUT2D eigenvalue weighted by atomic mass is 35.5. The molecule has 17 heavy (non-hydrogen) atoms. The van der Waals surface area contributed by atoms with E-state index in [1.54, 1.807) is 6.26 Å². The summed E-state index contributed by atoms with van der Waals surface area (Å²) < 4.78 is 7.42. The molecule has 0 saturated heterocycles. The van der Waals surface area contributed by atoms with Crippen molar-refractivity contribution in [2.75, 3.05) is 6.54 Å². The lowest BCUT2D eigenvalue weighted by Gasteiger charge is -2.21. The molecule has 0 amide bonds. The van der Waals surface area contributed by atoms with Gasteiger partial charge in [-0.05, 0) is 13.8 Å². The molecule has 0 aromatic carbocycles. The molecule has 1 atom stereocenters. The Morgan fingerprint density at radius 2 is 2.29 bits per heavy atom. The van der Waals surface area contributed by atoms with Crippen LogP contribution >= 0.6 is 12.4 Å². The highest BCUT2D eigenvalue weighted by Crippen LogP contribution is 2.22. The van der Waals surface area contributed by atoms with Crippen molar-refractivity contribution >= 4 is 12.4 Å². The maximum atomic E-state index is 5.36. The van der Waals surface area contributed by atoms with E-state index >= 15 is 0 Å². The van der Waals surface area contributed by atoms with Crippen molar-refractivity contribution in [2.45, 2.75) is 26.4 Å². The smallest absolute Gasteiger partial charge is 0.265 e. The van der Waals surface area contributed by atoms with Crippen LogP contribution < -0.4 is 5.32 Å². The first kappa shape index (κ1) is 12.1. The molecule has 1 N–H and O–H groups in total. The molecule has 6 nitrogen and oxygen atoms in total. The number of hydrogen-bond acceptors (Lipinski definition) is 5. The van der Waals surface area contributed by atoms with Gasteiger partial charge in [-0.3, -0.25) is 0 Å². The van der Waals surface area contributed by atoms with Gasteiger partial charge in [0.1, 0.15) is 12.1 Å². The Labute approximate surface area is 105 Å². The van der Waals surface area contributed by atoms with Gasteiger partial charge in [0.05, 0.1) is 11.7 Å². The third-order valence-corrected chi connectivity index (χ3v) is 2.76. The number of nitrogens with one attached hydrogen (secondary N) is 1. The topological polar surface area (TPSA) is 68.8 Å². The number of aromatic nitrogens is 4. The number of rotatable bonds is 1. The predicted molar refractivity (Wildman–Crippen MR) is 63.9 cm³/mol. The van der Waals surface area contributed by atoms with Crippen molar-refractivity contribution in [1.82, 2.24) is 25.1 Å². The van der Waals surface area contributed by atoms with Crippen molar-refractivity contribution in [1.29, 1.82) is 0 Å². The minimum Gasteiger partial charge on any atom is -0.442 e. The zero-order valence-corrected chi connectivity index (χ0v) is 10.5. The minimum absolute atomic E-state index is 0. The van der Waals surface area contributed by atoms with Crippen LogP contribution in [0.2, 0.25) is 0 Å². The van der Waals surface area contributed by atoms with Crippen LogP contribution in [0.3, 0.4) is 0 Å². The van der Waals surface area contributed by atoms with Gasteiger partial charge in [-0.25, -0.2) is 4.98 Å². The van der Waals surface area contributed by atoms with Gasteiger partial charge in [-0.15, -0.1) is 22.6 Å². The standard InChI is InChI=1S/C10H13N5O.ClH/c1-6-5-16-10(12-6)9-14-13-8-7(2)11-3-4-15(8)9;/h5,7,11H,3-4H2,1-2H3;1H. The van der Waals surface area contributed by atoms with E-state index in [9.17, 15) is 0 Å². The van der Waals surface area contributed by atoms with Gasteiger partial charge >= 0.3 is 0 Å². The fraction of sp³-hybridized carbons (Fsp3) is 0.500. The summed E-state index contributed by atoms with van der Waals surface area (Å²) >= 11 is 0. The van der Waals surface area contributed by atoms with E-state index in [1.807, 2.05) is 6.92 Å². The monoisotopic (exact) mass is 255 g/mol. The van der Waals surface area contributed by atoms with Crippen LogP contribution in [0.1, 0.15) is 24.5 Å². The van der Waals surface area contributed by atoms with Gasteiger partial charge in [0.25, 0.3) is 5.89 Å². The summed E-state index contributed by atoms with van der Waals surface area (Å²) in [5, 5.41) is 11.7. The molecule has 0 fully saturated rings. The van der Waals surface area contributed by atoms with Crippen LogP contribution in [0.15, 0.2) is 10.7 Å². The second-order valence-corrected chi connectivity index (χ2v) is 4.00. The number of nitrogens with zero attached hydrogens (tertiary/aromatic N) is 4. The lowest BCUT2D eigenvalue weighted by molar-refractivity contribution is 0.435. The fourth-order valence-electron chi connectivity index (χ4n) is 1.95. The summed E-state index contributed by atoms with van der Waals surface area (Å²) in [7, 11) is 0. The Morgan fingerprint density at radius 1 is 1.47 bits per heavy atom. The minimum atomic E-state index is 0. The molecule has 0 saturated carbocycles. The summed E-state index contributed by atoms with van der Waals surface area (Å²) in [6.45, 7) is 5.73. The molecule has 2 aromatic rings. The average Bonchev–Trinajstić information content (AvgIpc) is 2.84. The summed E-state index contributed by atoms with van der Waals surface area (Å²) in [6, 6.07) is 0.228. The molecule has 0 bridgehead atoms. The highest BCUT2D eigenvalue weighted by molar-refractivity contribution is 5.85. The van der Waals surface area contributed by atoms with Crippen molar-refractivity contribution in [3.63, 3.8) is 0 Å². The normalized spacial score (nSPS) is 18.6. The molecular formula is C10H14ClN5O. The molecule has 3 rings (SSSR count). The van der Waals surface area contributed by atoms with Crippen molar-refractivity contribution in [3.05, 3.63) is 17.8 Å². The van der Waals surface area contributed by atoms with Crippen molar-refractivity contribution in [2.24, 2.45) is 0 Å². The average molecular weight is 256 g/mol. The number of halogens is 1. The van der Waals surface area contributed by atoms with Crippen molar-refractivity contribution in [3.8, 4) is 11.7 Å². The lowest BCUT2D eigenvalue weighted by atomic mass is 10.2. The molecule has 3 heterocycles. The summed E-state index contributed by atoms with van der Waals surface area (Å²) in [5.74, 6) is 2.21. The Hall–Kier alpha value is -1.40. The molecule has 0 radical (unpaired) electrons. The van der Waals surface area contributed by atoms with E-state index < -0.39 is 0 Å². The van der Waals surface area contributed by atoms with Gasteiger partial charge < -0.3 is 14.3 Å². The van der Waals surface area contributed by atoms with E-state index in [4.69, 9.17) is 4.42 Å². The van der Waals surface area contributed by atoms with Gasteiger partial charge in [0.15, 0.2) is 0 Å². The Balaban J connectivity index is 0.00000108. The molecule has 0 aliphatic carbocycles. The second kappa shape index (κ2) is 4.46. The second-order valence-electron chi connectivity index (χ2n) is 4.00. The quantitative estimate of drug-likeness (QED) is 0.833. The molecular weight excluding hydrogens is 242 g/mol. The van der Waals surface area contributed by atoms with Crippen LogP contribution in [-0.2, 0) is 6.54 Å². The largest absolute Gasteiger partial charge is 0.442 e. The number of oxazole rings is 1. The van der Waals surface area contributed by atoms with Crippen molar-refractivity contribution < 1.29 is 4.42 Å². The summed E-state index contributed by atoms with van der Waals surface area (Å²) in [5.41, 5.74) is 0.856.